The fourth-order valence-corrected chi connectivity index (χ4v) is 2.45. The molecule has 4 nitrogen and oxygen atoms in total. The number of fused-ring (bicyclic) bond motifs is 1. The quantitative estimate of drug-likeness (QED) is 0.747. The van der Waals surface area contributed by atoms with E-state index in [1.54, 1.807) is 18.3 Å². The third kappa shape index (κ3) is 3.99. The van der Waals surface area contributed by atoms with E-state index in [9.17, 15) is 23.1 Å². The summed E-state index contributed by atoms with van der Waals surface area (Å²) in [6.07, 6.45) is -1.18. The van der Waals surface area contributed by atoms with Crippen molar-refractivity contribution in [1.29, 1.82) is 0 Å². The number of aromatic nitrogens is 2. The number of halogens is 3. The summed E-state index contributed by atoms with van der Waals surface area (Å²) in [5, 5.41) is 13.2. The molecule has 0 saturated heterocycles. The average molecular weight is 350 g/mol. The van der Waals surface area contributed by atoms with Crippen LogP contribution in [-0.2, 0) is 12.6 Å². The van der Waals surface area contributed by atoms with E-state index in [0.717, 1.165) is 12.1 Å². The van der Waals surface area contributed by atoms with Gasteiger partial charge in [0.2, 0.25) is 0 Å². The number of hydrogen-bond acceptors (Lipinski definition) is 2. The van der Waals surface area contributed by atoms with Gasteiger partial charge in [-0.05, 0) is 35.7 Å². The molecule has 0 amide bonds. The van der Waals surface area contributed by atoms with Crippen molar-refractivity contribution in [3.05, 3.63) is 71.0 Å². The predicted octanol–water partition coefficient (Wildman–Crippen LogP) is 4.67. The molecule has 0 atom stereocenters. The molecule has 2 heterocycles. The lowest BCUT2D eigenvalue weighted by molar-refractivity contribution is -0.137. The molecule has 0 unspecified atom stereocenters. The molecule has 0 aliphatic heterocycles. The minimum atomic E-state index is -4.37. The molecule has 0 aliphatic carbocycles. The number of carbonyl (C=O) groups is 1. The minimum absolute atomic E-state index is 0.0625. The van der Waals surface area contributed by atoms with Crippen molar-refractivity contribution in [3.8, 4) is 0 Å². The van der Waals surface area contributed by atoms with Crippen LogP contribution in [0, 0.1) is 0 Å². The maximum atomic E-state index is 12.6. The number of nitrogens with zero attached hydrogens (tertiary/aromatic N) is 2. The lowest BCUT2D eigenvalue weighted by Gasteiger charge is -2.09. The molecule has 3 rings (SSSR count). The van der Waals surface area contributed by atoms with Crippen LogP contribution in [0.3, 0.4) is 0 Å². The lowest BCUT2D eigenvalue weighted by Crippen LogP contribution is -2.05. The fraction of sp³-hybridized carbons (Fsp3) is 0.222. The number of carboxylic acid groups (broad SMARTS) is 1. The Bertz CT molecular complexity index is 868. The van der Waals surface area contributed by atoms with Gasteiger partial charge in [0.05, 0.1) is 17.3 Å². The zero-order chi connectivity index (χ0) is 18.6. The zero-order valence-electron chi connectivity index (χ0n) is 13.7. The van der Waals surface area contributed by atoms with Crippen LogP contribution >= 0.6 is 0 Å². The number of aromatic carboxylic acids is 1. The largest absolute Gasteiger partial charge is 0.478 e. The molecule has 1 aromatic carbocycles. The van der Waals surface area contributed by atoms with E-state index in [1.165, 1.54) is 22.8 Å². The van der Waals surface area contributed by atoms with E-state index in [4.69, 9.17) is 0 Å². The van der Waals surface area contributed by atoms with Gasteiger partial charge in [0.1, 0.15) is 5.56 Å². The van der Waals surface area contributed by atoms with Crippen molar-refractivity contribution in [1.82, 2.24) is 9.61 Å². The van der Waals surface area contributed by atoms with Crippen LogP contribution < -0.4 is 0 Å². The molecule has 0 bridgehead atoms. The van der Waals surface area contributed by atoms with Gasteiger partial charge in [-0.1, -0.05) is 32.0 Å². The smallest absolute Gasteiger partial charge is 0.416 e. The normalized spacial score (nSPS) is 11.1. The molecule has 0 radical (unpaired) electrons. The molecule has 25 heavy (non-hydrogen) atoms. The number of alkyl halides is 3. The van der Waals surface area contributed by atoms with Gasteiger partial charge in [-0.2, -0.15) is 18.3 Å². The Morgan fingerprint density at radius 1 is 1.16 bits per heavy atom. The van der Waals surface area contributed by atoms with Gasteiger partial charge in [0, 0.05) is 6.20 Å². The van der Waals surface area contributed by atoms with Gasteiger partial charge in [-0.15, -0.1) is 0 Å². The Hall–Kier alpha value is -2.83. The molecule has 0 fully saturated rings. The summed E-state index contributed by atoms with van der Waals surface area (Å²) in [6.45, 7) is 4.00. The summed E-state index contributed by atoms with van der Waals surface area (Å²) >= 11 is 0. The number of pyridine rings is 1. The summed E-state index contributed by atoms with van der Waals surface area (Å²) in [6, 6.07) is 8.27. The van der Waals surface area contributed by atoms with Crippen molar-refractivity contribution in [2.45, 2.75) is 26.4 Å². The Kier molecular flexibility index (Phi) is 5.46. The highest BCUT2D eigenvalue weighted by Crippen LogP contribution is 2.29. The van der Waals surface area contributed by atoms with Gasteiger partial charge in [-0.25, -0.2) is 9.31 Å². The van der Waals surface area contributed by atoms with E-state index in [1.807, 2.05) is 13.8 Å². The molecular formula is C18H17F3N2O2. The van der Waals surface area contributed by atoms with Gasteiger partial charge in [0.25, 0.3) is 0 Å². The lowest BCUT2D eigenvalue weighted by atomic mass is 10.0. The van der Waals surface area contributed by atoms with E-state index in [2.05, 4.69) is 5.10 Å². The molecular weight excluding hydrogens is 333 g/mol. The van der Waals surface area contributed by atoms with Crippen LogP contribution in [0.2, 0.25) is 0 Å². The van der Waals surface area contributed by atoms with Crippen molar-refractivity contribution in [3.63, 3.8) is 0 Å². The van der Waals surface area contributed by atoms with Gasteiger partial charge in [0.15, 0.2) is 0 Å². The summed E-state index contributed by atoms with van der Waals surface area (Å²) in [5.41, 5.74) is 1.13. The number of carboxylic acids is 1. The Morgan fingerprint density at radius 3 is 2.36 bits per heavy atom. The average Bonchev–Trinajstić information content (AvgIpc) is 3.02. The highest BCUT2D eigenvalue weighted by Gasteiger charge is 2.29. The van der Waals surface area contributed by atoms with Crippen LogP contribution in [0.5, 0.6) is 0 Å². The first kappa shape index (κ1) is 18.5. The Balaban J connectivity index is 0.00000109. The first-order valence-electron chi connectivity index (χ1n) is 7.71. The van der Waals surface area contributed by atoms with Crippen LogP contribution in [0.4, 0.5) is 13.2 Å². The van der Waals surface area contributed by atoms with E-state index >= 15 is 0 Å². The van der Waals surface area contributed by atoms with Crippen LogP contribution in [-0.4, -0.2) is 20.7 Å². The van der Waals surface area contributed by atoms with E-state index < -0.39 is 17.7 Å². The third-order valence-electron chi connectivity index (χ3n) is 3.53. The monoisotopic (exact) mass is 350 g/mol. The standard InChI is InChI=1S/C16H11F3N2O2.C2H6/c17-16(18,19)12-5-3-10(4-6-12)8-11-2-1-7-21-14(11)13(9-20-21)15(22)23;1-2/h1-7,9H,8H2,(H,22,23);1-2H3. The van der Waals surface area contributed by atoms with Gasteiger partial charge in [-0.3, -0.25) is 0 Å². The van der Waals surface area contributed by atoms with Gasteiger partial charge >= 0.3 is 12.1 Å². The van der Waals surface area contributed by atoms with Crippen molar-refractivity contribution in [2.75, 3.05) is 0 Å². The molecule has 132 valence electrons. The third-order valence-corrected chi connectivity index (χ3v) is 3.53. The molecule has 3 aromatic rings. The van der Waals surface area contributed by atoms with Crippen LogP contribution in [0.15, 0.2) is 48.8 Å². The number of rotatable bonds is 3. The predicted molar refractivity (Wildman–Crippen MR) is 87.7 cm³/mol. The molecule has 1 N–H and O–H groups in total. The van der Waals surface area contributed by atoms with Crippen LogP contribution in [0.25, 0.3) is 5.52 Å². The highest BCUT2D eigenvalue weighted by atomic mass is 19.4. The zero-order valence-corrected chi connectivity index (χ0v) is 13.7. The van der Waals surface area contributed by atoms with E-state index in [-0.39, 0.29) is 5.56 Å². The highest BCUT2D eigenvalue weighted by molar-refractivity contribution is 5.96. The first-order valence-corrected chi connectivity index (χ1v) is 7.71. The second-order valence-corrected chi connectivity index (χ2v) is 5.06. The van der Waals surface area contributed by atoms with Crippen molar-refractivity contribution >= 4 is 11.5 Å². The molecule has 0 saturated carbocycles. The molecule has 2 aromatic heterocycles. The Labute approximate surface area is 142 Å². The van der Waals surface area contributed by atoms with Crippen LogP contribution in [0.1, 0.15) is 40.9 Å². The minimum Gasteiger partial charge on any atom is -0.478 e. The molecule has 0 spiro atoms. The topological polar surface area (TPSA) is 54.6 Å². The second kappa shape index (κ2) is 7.38. The SMILES string of the molecule is CC.O=C(O)c1cnn2cccc(Cc3ccc(C(F)(F)F)cc3)c12. The number of benzene rings is 1. The second-order valence-electron chi connectivity index (χ2n) is 5.06. The van der Waals surface area contributed by atoms with Gasteiger partial charge < -0.3 is 5.11 Å². The summed E-state index contributed by atoms with van der Waals surface area (Å²) in [5.74, 6) is -1.10. The Morgan fingerprint density at radius 2 is 1.80 bits per heavy atom. The van der Waals surface area contributed by atoms with E-state index in [0.29, 0.717) is 23.1 Å². The molecule has 0 aliphatic rings. The molecule has 7 heteroatoms. The maximum Gasteiger partial charge on any atom is 0.416 e. The maximum absolute atomic E-state index is 12.6. The first-order chi connectivity index (χ1) is 11.9. The fourth-order valence-electron chi connectivity index (χ4n) is 2.45. The van der Waals surface area contributed by atoms with Crippen molar-refractivity contribution in [2.24, 2.45) is 0 Å². The summed E-state index contributed by atoms with van der Waals surface area (Å²) in [4.78, 5) is 11.3. The summed E-state index contributed by atoms with van der Waals surface area (Å²) < 4.78 is 39.2. The summed E-state index contributed by atoms with van der Waals surface area (Å²) in [7, 11) is 0. The number of hydrogen-bond donors (Lipinski definition) is 1. The van der Waals surface area contributed by atoms with Crippen molar-refractivity contribution < 1.29 is 23.1 Å².